The number of amides is 1. The molecule has 0 fully saturated rings. The predicted octanol–water partition coefficient (Wildman–Crippen LogP) is 3.56. The molecule has 2 aromatic rings. The quantitative estimate of drug-likeness (QED) is 0.764. The minimum Gasteiger partial charge on any atom is -0.493 e. The molecule has 0 saturated carbocycles. The number of esters is 1. The van der Waals surface area contributed by atoms with Gasteiger partial charge in [0, 0.05) is 4.90 Å². The van der Waals surface area contributed by atoms with Crippen molar-refractivity contribution < 1.29 is 23.8 Å². The average Bonchev–Trinajstić information content (AvgIpc) is 2.67. The first kappa shape index (κ1) is 19.1. The van der Waals surface area contributed by atoms with E-state index in [4.69, 9.17) is 14.2 Å². The minimum absolute atomic E-state index is 0.0111. The lowest BCUT2D eigenvalue weighted by Gasteiger charge is -2.23. The molecule has 142 valence electrons. The zero-order valence-electron chi connectivity index (χ0n) is 15.4. The normalized spacial score (nSPS) is 15.5. The Bertz CT molecular complexity index is 867. The maximum atomic E-state index is 12.3. The van der Waals surface area contributed by atoms with E-state index in [1.807, 2.05) is 37.3 Å². The summed E-state index contributed by atoms with van der Waals surface area (Å²) in [7, 11) is 3.13. The van der Waals surface area contributed by atoms with Crippen molar-refractivity contribution in [3.8, 4) is 11.5 Å². The van der Waals surface area contributed by atoms with Crippen LogP contribution in [0.1, 0.15) is 17.5 Å². The highest BCUT2D eigenvalue weighted by molar-refractivity contribution is 8.01. The monoisotopic (exact) mass is 387 g/mol. The van der Waals surface area contributed by atoms with Gasteiger partial charge >= 0.3 is 5.97 Å². The second-order valence-electron chi connectivity index (χ2n) is 6.09. The van der Waals surface area contributed by atoms with E-state index < -0.39 is 11.2 Å². The van der Waals surface area contributed by atoms with Crippen molar-refractivity contribution in [1.82, 2.24) is 0 Å². The van der Waals surface area contributed by atoms with Gasteiger partial charge in [0.15, 0.2) is 11.5 Å². The molecule has 1 amide bonds. The number of methoxy groups -OCH3 is 2. The van der Waals surface area contributed by atoms with Gasteiger partial charge in [0.1, 0.15) is 6.61 Å². The number of benzene rings is 2. The van der Waals surface area contributed by atoms with Gasteiger partial charge in [-0.05, 0) is 42.3 Å². The Hall–Kier alpha value is -2.67. The molecule has 3 rings (SSSR count). The summed E-state index contributed by atoms with van der Waals surface area (Å²) in [4.78, 5) is 25.4. The van der Waals surface area contributed by atoms with E-state index in [0.717, 1.165) is 21.7 Å². The maximum absolute atomic E-state index is 12.3. The van der Waals surface area contributed by atoms with E-state index in [9.17, 15) is 9.59 Å². The largest absolute Gasteiger partial charge is 0.493 e. The standard InChI is InChI=1S/C20H21NO5S/c1-12-8-15(24-2)16(25-3)9-13(12)11-26-19(22)10-18-20(23)21-14-6-4-5-7-17(14)27-18/h4-9,18H,10-11H2,1-3H3,(H,21,23)/t18-/m0/s1. The highest BCUT2D eigenvalue weighted by atomic mass is 32.2. The molecule has 1 aliphatic rings. The Morgan fingerprint density at radius 3 is 2.59 bits per heavy atom. The summed E-state index contributed by atoms with van der Waals surface area (Å²) >= 11 is 1.38. The lowest BCUT2D eigenvalue weighted by molar-refractivity contribution is -0.145. The number of para-hydroxylation sites is 1. The SMILES string of the molecule is COc1cc(C)c(COC(=O)C[C@@H]2Sc3ccccc3NC2=O)cc1OC. The molecule has 0 saturated heterocycles. The molecule has 1 aliphatic heterocycles. The number of aryl methyl sites for hydroxylation is 1. The number of ether oxygens (including phenoxy) is 3. The third-order valence-electron chi connectivity index (χ3n) is 4.29. The van der Waals surface area contributed by atoms with Crippen LogP contribution in [0.25, 0.3) is 0 Å². The summed E-state index contributed by atoms with van der Waals surface area (Å²) < 4.78 is 15.9. The Balaban J connectivity index is 1.61. The lowest BCUT2D eigenvalue weighted by Crippen LogP contribution is -2.31. The van der Waals surface area contributed by atoms with Crippen molar-refractivity contribution in [3.63, 3.8) is 0 Å². The number of thioether (sulfide) groups is 1. The molecule has 0 radical (unpaired) electrons. The van der Waals surface area contributed by atoms with Gasteiger partial charge < -0.3 is 19.5 Å². The molecule has 1 N–H and O–H groups in total. The molecule has 7 heteroatoms. The van der Waals surface area contributed by atoms with Gasteiger partial charge in [-0.25, -0.2) is 0 Å². The first-order chi connectivity index (χ1) is 13.0. The number of nitrogens with one attached hydrogen (secondary N) is 1. The molecule has 0 spiro atoms. The molecular weight excluding hydrogens is 366 g/mol. The minimum atomic E-state index is -0.501. The van der Waals surface area contributed by atoms with Crippen LogP contribution in [-0.2, 0) is 20.9 Å². The molecule has 0 aliphatic carbocycles. The van der Waals surface area contributed by atoms with E-state index in [-0.39, 0.29) is 18.9 Å². The fourth-order valence-corrected chi connectivity index (χ4v) is 3.87. The van der Waals surface area contributed by atoms with Crippen molar-refractivity contribution in [2.75, 3.05) is 19.5 Å². The van der Waals surface area contributed by atoms with Crippen LogP contribution in [0.4, 0.5) is 5.69 Å². The van der Waals surface area contributed by atoms with Crippen LogP contribution in [0.3, 0.4) is 0 Å². The van der Waals surface area contributed by atoms with E-state index in [1.165, 1.54) is 11.8 Å². The van der Waals surface area contributed by atoms with Gasteiger partial charge in [0.05, 0.1) is 31.6 Å². The lowest BCUT2D eigenvalue weighted by atomic mass is 10.1. The summed E-state index contributed by atoms with van der Waals surface area (Å²) in [6, 6.07) is 11.2. The van der Waals surface area contributed by atoms with Gasteiger partial charge in [-0.3, -0.25) is 9.59 Å². The molecule has 0 aromatic heterocycles. The predicted molar refractivity (Wildman–Crippen MR) is 103 cm³/mol. The average molecular weight is 387 g/mol. The van der Waals surface area contributed by atoms with E-state index in [2.05, 4.69) is 5.32 Å². The molecule has 1 heterocycles. The number of hydrogen-bond donors (Lipinski definition) is 1. The highest BCUT2D eigenvalue weighted by Crippen LogP contribution is 2.37. The fourth-order valence-electron chi connectivity index (χ4n) is 2.77. The number of carbonyl (C=O) groups excluding carboxylic acids is 2. The second-order valence-corrected chi connectivity index (χ2v) is 7.33. The Morgan fingerprint density at radius 1 is 1.15 bits per heavy atom. The molecule has 0 bridgehead atoms. The molecule has 2 aromatic carbocycles. The summed E-state index contributed by atoms with van der Waals surface area (Å²) in [6.45, 7) is 2.02. The van der Waals surface area contributed by atoms with Crippen LogP contribution < -0.4 is 14.8 Å². The number of carbonyl (C=O) groups is 2. The maximum Gasteiger partial charge on any atom is 0.307 e. The number of hydrogen-bond acceptors (Lipinski definition) is 6. The van der Waals surface area contributed by atoms with Gasteiger partial charge in [0.2, 0.25) is 5.91 Å². The third-order valence-corrected chi connectivity index (χ3v) is 5.56. The van der Waals surface area contributed by atoms with Crippen LogP contribution in [0.2, 0.25) is 0 Å². The zero-order valence-corrected chi connectivity index (χ0v) is 16.2. The van der Waals surface area contributed by atoms with E-state index >= 15 is 0 Å². The van der Waals surface area contributed by atoms with Gasteiger partial charge in [0.25, 0.3) is 0 Å². The van der Waals surface area contributed by atoms with Gasteiger partial charge in [-0.2, -0.15) is 0 Å². The van der Waals surface area contributed by atoms with Crippen molar-refractivity contribution in [1.29, 1.82) is 0 Å². The van der Waals surface area contributed by atoms with Crippen molar-refractivity contribution in [2.45, 2.75) is 30.1 Å². The molecule has 1 atom stereocenters. The Morgan fingerprint density at radius 2 is 1.85 bits per heavy atom. The topological polar surface area (TPSA) is 73.9 Å². The molecule has 6 nitrogen and oxygen atoms in total. The number of rotatable bonds is 6. The van der Waals surface area contributed by atoms with E-state index in [1.54, 1.807) is 20.3 Å². The molecular formula is C20H21NO5S. The second kappa shape index (κ2) is 8.35. The third kappa shape index (κ3) is 4.36. The first-order valence-corrected chi connectivity index (χ1v) is 9.33. The fraction of sp³-hybridized carbons (Fsp3) is 0.300. The first-order valence-electron chi connectivity index (χ1n) is 8.45. The summed E-state index contributed by atoms with van der Waals surface area (Å²) in [5, 5.41) is 2.33. The highest BCUT2D eigenvalue weighted by Gasteiger charge is 2.29. The summed E-state index contributed by atoms with van der Waals surface area (Å²) in [5.74, 6) is 0.598. The van der Waals surface area contributed by atoms with Crippen molar-refractivity contribution >= 4 is 29.3 Å². The smallest absolute Gasteiger partial charge is 0.307 e. The molecule has 27 heavy (non-hydrogen) atoms. The van der Waals surface area contributed by atoms with Crippen LogP contribution in [-0.4, -0.2) is 31.3 Å². The number of anilines is 1. The van der Waals surface area contributed by atoms with Crippen LogP contribution in [0.5, 0.6) is 11.5 Å². The molecule has 0 unspecified atom stereocenters. The zero-order chi connectivity index (χ0) is 19.4. The summed E-state index contributed by atoms with van der Waals surface area (Å²) in [5.41, 5.74) is 2.53. The Labute approximate surface area is 162 Å². The van der Waals surface area contributed by atoms with Crippen LogP contribution in [0.15, 0.2) is 41.3 Å². The van der Waals surface area contributed by atoms with Gasteiger partial charge in [-0.1, -0.05) is 12.1 Å². The Kier molecular flexibility index (Phi) is 5.91. The van der Waals surface area contributed by atoms with Crippen LogP contribution >= 0.6 is 11.8 Å². The van der Waals surface area contributed by atoms with Crippen molar-refractivity contribution in [2.24, 2.45) is 0 Å². The van der Waals surface area contributed by atoms with Crippen molar-refractivity contribution in [3.05, 3.63) is 47.5 Å². The van der Waals surface area contributed by atoms with Gasteiger partial charge in [-0.15, -0.1) is 11.8 Å². The van der Waals surface area contributed by atoms with Crippen LogP contribution in [0, 0.1) is 6.92 Å². The summed E-state index contributed by atoms with van der Waals surface area (Å²) in [6.07, 6.45) is 0.0111. The van der Waals surface area contributed by atoms with E-state index in [0.29, 0.717) is 11.5 Å². The number of fused-ring (bicyclic) bond motifs is 1.